The van der Waals surface area contributed by atoms with Gasteiger partial charge in [0.25, 0.3) is 0 Å². The molecular formula is C13H14F2O. The molecule has 16 heavy (non-hydrogen) atoms. The Morgan fingerprint density at radius 2 is 1.81 bits per heavy atom. The predicted octanol–water partition coefficient (Wildman–Crippen LogP) is 3.63. The van der Waals surface area contributed by atoms with Gasteiger partial charge in [-0.1, -0.05) is 12.8 Å². The minimum atomic E-state index is -0.430. The standard InChI is InChI=1S/C13H14F2O/c14-10-5-6-11(15)13-12(10)9-4-2-1-3-8(9)7-16-13/h5-6,8-9H,1-4,7H2/t8-,9?/m1/s1. The van der Waals surface area contributed by atoms with E-state index in [1.54, 1.807) is 0 Å². The van der Waals surface area contributed by atoms with Gasteiger partial charge < -0.3 is 4.74 Å². The molecule has 3 rings (SSSR count). The molecule has 0 aromatic heterocycles. The van der Waals surface area contributed by atoms with E-state index in [-0.39, 0.29) is 17.5 Å². The van der Waals surface area contributed by atoms with Crippen LogP contribution in [-0.4, -0.2) is 6.61 Å². The molecule has 1 aliphatic heterocycles. The van der Waals surface area contributed by atoms with Crippen molar-refractivity contribution in [1.29, 1.82) is 0 Å². The quantitative estimate of drug-likeness (QED) is 0.653. The molecule has 0 N–H and O–H groups in total. The molecule has 0 amide bonds. The minimum Gasteiger partial charge on any atom is -0.490 e. The fourth-order valence-electron chi connectivity index (χ4n) is 3.02. The molecule has 0 bridgehead atoms. The van der Waals surface area contributed by atoms with E-state index in [0.717, 1.165) is 25.3 Å². The third-order valence-corrected chi connectivity index (χ3v) is 3.82. The lowest BCUT2D eigenvalue weighted by Crippen LogP contribution is -2.30. The van der Waals surface area contributed by atoms with Crippen molar-refractivity contribution in [1.82, 2.24) is 0 Å². The van der Waals surface area contributed by atoms with Gasteiger partial charge in [-0.3, -0.25) is 0 Å². The summed E-state index contributed by atoms with van der Waals surface area (Å²) in [6.45, 7) is 0.540. The molecule has 0 saturated heterocycles. The number of hydrogen-bond acceptors (Lipinski definition) is 1. The van der Waals surface area contributed by atoms with Crippen LogP contribution in [0.15, 0.2) is 12.1 Å². The number of hydrogen-bond donors (Lipinski definition) is 0. The Hall–Kier alpha value is -1.12. The highest BCUT2D eigenvalue weighted by atomic mass is 19.1. The highest BCUT2D eigenvalue weighted by molar-refractivity contribution is 5.41. The van der Waals surface area contributed by atoms with Gasteiger partial charge >= 0.3 is 0 Å². The molecule has 3 heteroatoms. The third-order valence-electron chi connectivity index (χ3n) is 3.82. The molecular weight excluding hydrogens is 210 g/mol. The van der Waals surface area contributed by atoms with Gasteiger partial charge in [0, 0.05) is 11.5 Å². The van der Waals surface area contributed by atoms with Crippen LogP contribution in [0.5, 0.6) is 5.75 Å². The average Bonchev–Trinajstić information content (AvgIpc) is 2.33. The number of ether oxygens (including phenoxy) is 1. The van der Waals surface area contributed by atoms with Crippen LogP contribution in [0.1, 0.15) is 37.2 Å². The van der Waals surface area contributed by atoms with Crippen molar-refractivity contribution in [3.05, 3.63) is 29.3 Å². The van der Waals surface area contributed by atoms with E-state index in [4.69, 9.17) is 4.74 Å². The highest BCUT2D eigenvalue weighted by Crippen LogP contribution is 2.46. The van der Waals surface area contributed by atoms with Crippen LogP contribution in [0, 0.1) is 17.6 Å². The molecule has 1 aromatic carbocycles. The Bertz CT molecular complexity index is 417. The summed E-state index contributed by atoms with van der Waals surface area (Å²) in [7, 11) is 0. The first-order chi connectivity index (χ1) is 7.77. The lowest BCUT2D eigenvalue weighted by molar-refractivity contribution is 0.147. The number of fused-ring (bicyclic) bond motifs is 3. The number of rotatable bonds is 0. The van der Waals surface area contributed by atoms with Gasteiger partial charge in [0.05, 0.1) is 6.61 Å². The van der Waals surface area contributed by atoms with E-state index in [9.17, 15) is 8.78 Å². The lowest BCUT2D eigenvalue weighted by Gasteiger charge is -2.37. The molecule has 2 aliphatic rings. The number of halogens is 2. The van der Waals surface area contributed by atoms with E-state index in [1.807, 2.05) is 0 Å². The second-order valence-corrected chi connectivity index (χ2v) is 4.73. The monoisotopic (exact) mass is 224 g/mol. The summed E-state index contributed by atoms with van der Waals surface area (Å²) in [6.07, 6.45) is 4.31. The van der Waals surface area contributed by atoms with Crippen LogP contribution < -0.4 is 4.74 Å². The van der Waals surface area contributed by atoms with Gasteiger partial charge in [-0.2, -0.15) is 0 Å². The fourth-order valence-corrected chi connectivity index (χ4v) is 3.02. The largest absolute Gasteiger partial charge is 0.490 e. The van der Waals surface area contributed by atoms with Crippen LogP contribution in [0.3, 0.4) is 0 Å². The highest BCUT2D eigenvalue weighted by Gasteiger charge is 2.36. The van der Waals surface area contributed by atoms with Crippen molar-refractivity contribution in [2.45, 2.75) is 31.6 Å². The molecule has 86 valence electrons. The van der Waals surface area contributed by atoms with Crippen molar-refractivity contribution >= 4 is 0 Å². The molecule has 1 fully saturated rings. The molecule has 0 radical (unpaired) electrons. The van der Waals surface area contributed by atoms with Gasteiger partial charge in [-0.25, -0.2) is 8.78 Å². The van der Waals surface area contributed by atoms with Gasteiger partial charge in [0.2, 0.25) is 0 Å². The van der Waals surface area contributed by atoms with E-state index >= 15 is 0 Å². The van der Waals surface area contributed by atoms with Crippen LogP contribution in [0.2, 0.25) is 0 Å². The summed E-state index contributed by atoms with van der Waals surface area (Å²) < 4.78 is 32.7. The summed E-state index contributed by atoms with van der Waals surface area (Å²) in [6, 6.07) is 2.37. The lowest BCUT2D eigenvalue weighted by atomic mass is 9.74. The second-order valence-electron chi connectivity index (χ2n) is 4.73. The van der Waals surface area contributed by atoms with Crippen molar-refractivity contribution in [2.75, 3.05) is 6.61 Å². The topological polar surface area (TPSA) is 9.23 Å². The molecule has 1 unspecified atom stereocenters. The first kappa shape index (κ1) is 10.1. The predicted molar refractivity (Wildman–Crippen MR) is 56.6 cm³/mol. The summed E-state index contributed by atoms with van der Waals surface area (Å²) >= 11 is 0. The zero-order valence-corrected chi connectivity index (χ0v) is 9.01. The molecule has 1 heterocycles. The van der Waals surface area contributed by atoms with Crippen LogP contribution >= 0.6 is 0 Å². The van der Waals surface area contributed by atoms with Gasteiger partial charge in [-0.05, 0) is 30.9 Å². The SMILES string of the molecule is Fc1ccc(F)c2c1OC[C@H]1CCCCC21. The summed E-state index contributed by atoms with van der Waals surface area (Å²) in [5.74, 6) is -0.0534. The Kier molecular flexibility index (Phi) is 2.34. The molecule has 1 aliphatic carbocycles. The second kappa shape index (κ2) is 3.72. The molecule has 2 atom stereocenters. The van der Waals surface area contributed by atoms with Crippen molar-refractivity contribution in [3.8, 4) is 5.75 Å². The van der Waals surface area contributed by atoms with Gasteiger partial charge in [0.15, 0.2) is 11.6 Å². The first-order valence-electron chi connectivity index (χ1n) is 5.88. The van der Waals surface area contributed by atoms with Gasteiger partial charge in [0.1, 0.15) is 5.82 Å². The maximum Gasteiger partial charge on any atom is 0.165 e. The van der Waals surface area contributed by atoms with Gasteiger partial charge in [-0.15, -0.1) is 0 Å². The van der Waals surface area contributed by atoms with Crippen molar-refractivity contribution < 1.29 is 13.5 Å². The zero-order chi connectivity index (χ0) is 11.1. The number of benzene rings is 1. The average molecular weight is 224 g/mol. The summed E-state index contributed by atoms with van der Waals surface area (Å²) in [5, 5.41) is 0. The van der Waals surface area contributed by atoms with Crippen LogP contribution in [-0.2, 0) is 0 Å². The van der Waals surface area contributed by atoms with Crippen molar-refractivity contribution in [3.63, 3.8) is 0 Å². The maximum atomic E-state index is 13.8. The summed E-state index contributed by atoms with van der Waals surface area (Å²) in [4.78, 5) is 0. The maximum absolute atomic E-state index is 13.8. The Labute approximate surface area is 93.4 Å². The fraction of sp³-hybridized carbons (Fsp3) is 0.538. The van der Waals surface area contributed by atoms with E-state index in [1.165, 1.54) is 12.5 Å². The first-order valence-corrected chi connectivity index (χ1v) is 5.88. The minimum absolute atomic E-state index is 0.156. The molecule has 1 aromatic rings. The third kappa shape index (κ3) is 1.41. The zero-order valence-electron chi connectivity index (χ0n) is 9.01. The Balaban J connectivity index is 2.10. The van der Waals surface area contributed by atoms with Crippen molar-refractivity contribution in [2.24, 2.45) is 5.92 Å². The Morgan fingerprint density at radius 1 is 1.06 bits per heavy atom. The van der Waals surface area contributed by atoms with E-state index in [2.05, 4.69) is 0 Å². The van der Waals surface area contributed by atoms with E-state index < -0.39 is 5.82 Å². The van der Waals surface area contributed by atoms with Crippen LogP contribution in [0.25, 0.3) is 0 Å². The van der Waals surface area contributed by atoms with E-state index in [0.29, 0.717) is 18.1 Å². The van der Waals surface area contributed by atoms with Crippen LogP contribution in [0.4, 0.5) is 8.78 Å². The molecule has 0 spiro atoms. The Morgan fingerprint density at radius 3 is 2.69 bits per heavy atom. The normalized spacial score (nSPS) is 27.9. The summed E-state index contributed by atoms with van der Waals surface area (Å²) in [5.41, 5.74) is 0.482. The smallest absolute Gasteiger partial charge is 0.165 e. The molecule has 1 saturated carbocycles. The molecule has 1 nitrogen and oxygen atoms in total.